The summed E-state index contributed by atoms with van der Waals surface area (Å²) in [6.07, 6.45) is 14.9. The number of nitrogens with zero attached hydrogens (tertiary/aromatic N) is 3. The second-order valence-corrected chi connectivity index (χ2v) is 13.4. The molecule has 1 saturated carbocycles. The van der Waals surface area contributed by atoms with Crippen molar-refractivity contribution in [3.8, 4) is 0 Å². The van der Waals surface area contributed by atoms with E-state index >= 15 is 4.39 Å². The van der Waals surface area contributed by atoms with E-state index in [0.717, 1.165) is 105 Å². The van der Waals surface area contributed by atoms with Crippen LogP contribution in [0, 0.1) is 11.7 Å². The molecule has 5 rings (SSSR count). The van der Waals surface area contributed by atoms with Crippen molar-refractivity contribution in [1.82, 2.24) is 15.1 Å². The second kappa shape index (κ2) is 15.7. The van der Waals surface area contributed by atoms with Crippen LogP contribution in [0.25, 0.3) is 0 Å². The van der Waals surface area contributed by atoms with Gasteiger partial charge in [-0.25, -0.2) is 9.38 Å². The van der Waals surface area contributed by atoms with Crippen LogP contribution in [0.1, 0.15) is 85.1 Å². The Kier molecular flexibility index (Phi) is 11.5. The van der Waals surface area contributed by atoms with Crippen LogP contribution < -0.4 is 10.6 Å². The van der Waals surface area contributed by atoms with Crippen LogP contribution in [-0.4, -0.2) is 55.0 Å². The molecule has 1 aromatic rings. The van der Waals surface area contributed by atoms with E-state index in [1.165, 1.54) is 35.4 Å². The van der Waals surface area contributed by atoms with Gasteiger partial charge in [0.05, 0.1) is 5.70 Å². The summed E-state index contributed by atoms with van der Waals surface area (Å²) in [6, 6.07) is 5.53. The molecule has 248 valence electrons. The maximum Gasteiger partial charge on any atom is 0.128 e. The summed E-state index contributed by atoms with van der Waals surface area (Å²) in [7, 11) is 0. The largest absolute Gasteiger partial charge is 0.494 e. The van der Waals surface area contributed by atoms with E-state index in [1.807, 2.05) is 32.2 Å². The lowest BCUT2D eigenvalue weighted by atomic mass is 9.88. The number of nitrogens with one attached hydrogen (secondary N) is 2. The molecule has 2 N–H and O–H groups in total. The Morgan fingerprint density at radius 2 is 2.02 bits per heavy atom. The van der Waals surface area contributed by atoms with Gasteiger partial charge < -0.3 is 25.2 Å². The Hall–Kier alpha value is -3.74. The predicted octanol–water partition coefficient (Wildman–Crippen LogP) is 8.61. The summed E-state index contributed by atoms with van der Waals surface area (Å²) >= 11 is 0. The summed E-state index contributed by atoms with van der Waals surface area (Å²) in [5.74, 6) is 2.22. The van der Waals surface area contributed by atoms with Crippen molar-refractivity contribution in [3.63, 3.8) is 0 Å². The monoisotopic (exact) mass is 627 g/mol. The lowest BCUT2D eigenvalue weighted by Crippen LogP contribution is -2.33. The van der Waals surface area contributed by atoms with Gasteiger partial charge in [0.2, 0.25) is 0 Å². The standard InChI is InChI=1S/C39H54FN5O/c1-7-8-9-13-37(29(4)39-30(5)46-21-18-41-39)45-20-17-34(28(3)26-45)24-42-31(6)43-35-15-14-33(36(40)23-35)22-38(32-11-10-12-32)44-19-16-27(2)25-44/h9,13-15,23-24,27,41H,3,7-8,10-12,16-22,25-26H2,1-2,4-6H3,(H,42,43)/b13-9+,34-24-,37-29+. The van der Waals surface area contributed by atoms with Crippen molar-refractivity contribution < 1.29 is 9.13 Å². The fourth-order valence-corrected chi connectivity index (χ4v) is 6.78. The maximum atomic E-state index is 15.4. The van der Waals surface area contributed by atoms with Crippen molar-refractivity contribution in [2.24, 2.45) is 10.9 Å². The smallest absolute Gasteiger partial charge is 0.128 e. The van der Waals surface area contributed by atoms with E-state index in [2.05, 4.69) is 59.9 Å². The molecule has 0 aromatic heterocycles. The molecule has 7 heteroatoms. The second-order valence-electron chi connectivity index (χ2n) is 13.4. The number of rotatable bonds is 10. The molecule has 2 saturated heterocycles. The van der Waals surface area contributed by atoms with Crippen molar-refractivity contribution in [2.45, 2.75) is 86.0 Å². The van der Waals surface area contributed by atoms with Gasteiger partial charge in [0.25, 0.3) is 0 Å². The average molecular weight is 628 g/mol. The number of hydrogen-bond donors (Lipinski definition) is 2. The number of aliphatic imine (C=N–C) groups is 1. The first-order chi connectivity index (χ1) is 22.2. The van der Waals surface area contributed by atoms with Gasteiger partial charge in [-0.1, -0.05) is 44.6 Å². The van der Waals surface area contributed by atoms with Crippen molar-refractivity contribution >= 4 is 11.5 Å². The molecule has 6 nitrogen and oxygen atoms in total. The lowest BCUT2D eigenvalue weighted by Gasteiger charge is -2.34. The lowest BCUT2D eigenvalue weighted by molar-refractivity contribution is 0.194. The quantitative estimate of drug-likeness (QED) is 0.155. The molecule has 3 heterocycles. The molecular weight excluding hydrogens is 573 g/mol. The van der Waals surface area contributed by atoms with E-state index in [4.69, 9.17) is 9.73 Å². The van der Waals surface area contributed by atoms with Crippen molar-refractivity contribution in [1.29, 1.82) is 0 Å². The van der Waals surface area contributed by atoms with Gasteiger partial charge >= 0.3 is 0 Å². The summed E-state index contributed by atoms with van der Waals surface area (Å²) in [5, 5.41) is 6.84. The minimum absolute atomic E-state index is 0.158. The summed E-state index contributed by atoms with van der Waals surface area (Å²) in [6.45, 7) is 20.4. The van der Waals surface area contributed by atoms with E-state index < -0.39 is 0 Å². The molecule has 4 aliphatic rings. The molecule has 0 spiro atoms. The highest BCUT2D eigenvalue weighted by molar-refractivity contribution is 5.93. The molecule has 1 aliphatic carbocycles. The number of unbranched alkanes of at least 4 members (excludes halogenated alkanes) is 1. The molecule has 1 aromatic carbocycles. The van der Waals surface area contributed by atoms with Gasteiger partial charge in [-0.2, -0.15) is 0 Å². The molecule has 1 atom stereocenters. The molecular formula is C39H54FN5O. The molecule has 3 aliphatic heterocycles. The molecule has 0 radical (unpaired) electrons. The third-order valence-electron chi connectivity index (χ3n) is 9.71. The summed E-state index contributed by atoms with van der Waals surface area (Å²) in [5.41, 5.74) is 10.1. The highest BCUT2D eigenvalue weighted by Crippen LogP contribution is 2.35. The first kappa shape index (κ1) is 33.6. The van der Waals surface area contributed by atoms with Gasteiger partial charge in [-0.3, -0.25) is 0 Å². The van der Waals surface area contributed by atoms with Crippen LogP contribution >= 0.6 is 0 Å². The topological polar surface area (TPSA) is 52.1 Å². The number of halogens is 1. The molecule has 0 bridgehead atoms. The number of hydrogen-bond acceptors (Lipinski definition) is 5. The number of allylic oxidation sites excluding steroid dienone is 6. The Morgan fingerprint density at radius 1 is 1.20 bits per heavy atom. The van der Waals surface area contributed by atoms with Gasteiger partial charge in [-0.15, -0.1) is 0 Å². The highest BCUT2D eigenvalue weighted by Gasteiger charge is 2.26. The first-order valence-electron chi connectivity index (χ1n) is 17.4. The Bertz CT molecular complexity index is 1470. The number of benzene rings is 1. The zero-order valence-electron chi connectivity index (χ0n) is 28.8. The van der Waals surface area contributed by atoms with Crippen LogP contribution in [0.2, 0.25) is 0 Å². The summed E-state index contributed by atoms with van der Waals surface area (Å²) < 4.78 is 21.2. The fourth-order valence-electron chi connectivity index (χ4n) is 6.78. The third-order valence-corrected chi connectivity index (χ3v) is 9.71. The van der Waals surface area contributed by atoms with Gasteiger partial charge in [0, 0.05) is 62.4 Å². The Morgan fingerprint density at radius 3 is 2.67 bits per heavy atom. The van der Waals surface area contributed by atoms with E-state index in [1.54, 1.807) is 6.07 Å². The summed E-state index contributed by atoms with van der Waals surface area (Å²) in [4.78, 5) is 9.63. The van der Waals surface area contributed by atoms with Crippen LogP contribution in [0.15, 0.2) is 93.3 Å². The average Bonchev–Trinajstić information content (AvgIpc) is 3.44. The maximum absolute atomic E-state index is 15.4. The van der Waals surface area contributed by atoms with Crippen molar-refractivity contribution in [3.05, 3.63) is 99.7 Å². The minimum Gasteiger partial charge on any atom is -0.494 e. The number of amidine groups is 1. The number of piperidine rings is 1. The molecule has 0 amide bonds. The first-order valence-corrected chi connectivity index (χ1v) is 17.4. The van der Waals surface area contributed by atoms with E-state index in [9.17, 15) is 0 Å². The highest BCUT2D eigenvalue weighted by atomic mass is 19.1. The number of ether oxygens (including phenoxy) is 1. The van der Waals surface area contributed by atoms with Crippen LogP contribution in [0.3, 0.4) is 0 Å². The third kappa shape index (κ3) is 8.34. The van der Waals surface area contributed by atoms with Gasteiger partial charge in [0.15, 0.2) is 0 Å². The van der Waals surface area contributed by atoms with Gasteiger partial charge in [0.1, 0.15) is 24.0 Å². The van der Waals surface area contributed by atoms with E-state index in [0.29, 0.717) is 18.9 Å². The molecule has 1 unspecified atom stereocenters. The minimum atomic E-state index is -0.158. The van der Waals surface area contributed by atoms with Crippen LogP contribution in [0.4, 0.5) is 10.1 Å². The predicted molar refractivity (Wildman–Crippen MR) is 190 cm³/mol. The van der Waals surface area contributed by atoms with Gasteiger partial charge in [-0.05, 0) is 106 Å². The normalized spacial score (nSPS) is 22.3. The number of anilines is 1. The van der Waals surface area contributed by atoms with E-state index in [-0.39, 0.29) is 5.82 Å². The molecule has 3 fully saturated rings. The van der Waals surface area contributed by atoms with Crippen LogP contribution in [-0.2, 0) is 11.2 Å². The Balaban J connectivity index is 1.23. The fraction of sp³-hybridized carbons (Fsp3) is 0.513. The van der Waals surface area contributed by atoms with Crippen molar-refractivity contribution in [2.75, 3.05) is 44.6 Å². The Labute approximate surface area is 276 Å². The zero-order valence-corrected chi connectivity index (χ0v) is 28.8. The SMILES string of the molecule is C=C1CN(C(/C=C/CCC)=C(\C)C2=C(C)OCCN2)CC/C1=C/N=C(C)Nc1ccc(CC(=C2CCC2)N2CCC(C)C2)c(F)c1. The number of likely N-dealkylation sites (tertiary alicyclic amines) is 2. The van der Waals surface area contributed by atoms with Crippen LogP contribution in [0.5, 0.6) is 0 Å². The zero-order chi connectivity index (χ0) is 32.6. The molecule has 46 heavy (non-hydrogen) atoms.